The lowest BCUT2D eigenvalue weighted by Gasteiger charge is -2.21. The third-order valence-electron chi connectivity index (χ3n) is 3.18. The van der Waals surface area contributed by atoms with Crippen molar-refractivity contribution >= 4 is 0 Å². The van der Waals surface area contributed by atoms with Crippen molar-refractivity contribution in [3.8, 4) is 0 Å². The van der Waals surface area contributed by atoms with Crippen molar-refractivity contribution in [3.63, 3.8) is 0 Å². The average molecular weight is 219 g/mol. The van der Waals surface area contributed by atoms with Gasteiger partial charge in [0.05, 0.1) is 0 Å². The summed E-state index contributed by atoms with van der Waals surface area (Å²) in [5, 5.41) is 3.67. The number of aryl methyl sites for hydroxylation is 1. The lowest BCUT2D eigenvalue weighted by Crippen LogP contribution is -2.29. The van der Waals surface area contributed by atoms with E-state index < -0.39 is 0 Å². The van der Waals surface area contributed by atoms with Crippen LogP contribution in [0.4, 0.5) is 0 Å². The summed E-state index contributed by atoms with van der Waals surface area (Å²) in [4.78, 5) is 0. The van der Waals surface area contributed by atoms with Crippen molar-refractivity contribution in [2.45, 2.75) is 59.0 Å². The number of hydrogen-bond acceptors (Lipinski definition) is 1. The van der Waals surface area contributed by atoms with Crippen LogP contribution < -0.4 is 5.32 Å². The van der Waals surface area contributed by atoms with Crippen LogP contribution in [0.1, 0.15) is 57.2 Å². The second-order valence-electron chi connectivity index (χ2n) is 4.79. The zero-order valence-corrected chi connectivity index (χ0v) is 11.1. The molecule has 0 spiro atoms. The Morgan fingerprint density at radius 3 is 2.50 bits per heavy atom. The molecular weight excluding hydrogens is 194 g/mol. The van der Waals surface area contributed by atoms with Crippen LogP contribution in [-0.4, -0.2) is 6.04 Å². The van der Waals surface area contributed by atoms with Gasteiger partial charge >= 0.3 is 0 Å². The van der Waals surface area contributed by atoms with E-state index in [1.54, 1.807) is 0 Å². The van der Waals surface area contributed by atoms with Gasteiger partial charge in [0.1, 0.15) is 0 Å². The highest BCUT2D eigenvalue weighted by atomic mass is 14.9. The second-order valence-corrected chi connectivity index (χ2v) is 4.79. The maximum atomic E-state index is 3.67. The predicted octanol–water partition coefficient (Wildman–Crippen LogP) is 4.22. The molecule has 90 valence electrons. The van der Waals surface area contributed by atoms with E-state index in [0.717, 1.165) is 0 Å². The Hall–Kier alpha value is -0.820. The van der Waals surface area contributed by atoms with E-state index in [-0.39, 0.29) is 0 Å². The van der Waals surface area contributed by atoms with Crippen molar-refractivity contribution in [2.75, 3.05) is 0 Å². The fraction of sp³-hybridized carbons (Fsp3) is 0.600. The molecule has 0 saturated heterocycles. The van der Waals surface area contributed by atoms with E-state index in [0.29, 0.717) is 12.1 Å². The van der Waals surface area contributed by atoms with Gasteiger partial charge in [-0.05, 0) is 38.3 Å². The molecule has 0 aliphatic carbocycles. The van der Waals surface area contributed by atoms with Gasteiger partial charge in [-0.3, -0.25) is 0 Å². The largest absolute Gasteiger partial charge is 0.308 e. The first-order valence-electron chi connectivity index (χ1n) is 6.46. The minimum absolute atomic E-state index is 0.452. The predicted molar refractivity (Wildman–Crippen MR) is 71.7 cm³/mol. The maximum Gasteiger partial charge on any atom is 0.0296 e. The first kappa shape index (κ1) is 13.2. The van der Waals surface area contributed by atoms with Crippen molar-refractivity contribution in [2.24, 2.45) is 0 Å². The molecule has 2 unspecified atom stereocenters. The Morgan fingerprint density at radius 2 is 1.88 bits per heavy atom. The summed E-state index contributed by atoms with van der Waals surface area (Å²) in [6.07, 6.45) is 3.87. The molecule has 0 saturated carbocycles. The molecule has 2 atom stereocenters. The van der Waals surface area contributed by atoms with Crippen LogP contribution in [0.5, 0.6) is 0 Å². The third-order valence-corrected chi connectivity index (χ3v) is 3.18. The molecule has 0 heterocycles. The number of rotatable bonds is 6. The van der Waals surface area contributed by atoms with Crippen molar-refractivity contribution in [1.82, 2.24) is 5.32 Å². The Labute approximate surface area is 100 Å². The van der Waals surface area contributed by atoms with Crippen LogP contribution in [0.25, 0.3) is 0 Å². The smallest absolute Gasteiger partial charge is 0.0296 e. The summed E-state index contributed by atoms with van der Waals surface area (Å²) in [6.45, 7) is 8.97. The van der Waals surface area contributed by atoms with Gasteiger partial charge in [0, 0.05) is 12.1 Å². The van der Waals surface area contributed by atoms with Gasteiger partial charge in [-0.25, -0.2) is 0 Å². The first-order valence-corrected chi connectivity index (χ1v) is 6.46. The van der Waals surface area contributed by atoms with Gasteiger partial charge < -0.3 is 5.32 Å². The summed E-state index contributed by atoms with van der Waals surface area (Å²) < 4.78 is 0. The standard InChI is InChI=1S/C15H25N/c1-5-6-10-13(3)16-14(4)15-11-8-7-9-12(15)2/h7-9,11,13-14,16H,5-6,10H2,1-4H3. The van der Waals surface area contributed by atoms with Crippen molar-refractivity contribution in [3.05, 3.63) is 35.4 Å². The van der Waals surface area contributed by atoms with Crippen LogP contribution in [0.3, 0.4) is 0 Å². The van der Waals surface area contributed by atoms with Crippen LogP contribution in [0, 0.1) is 6.92 Å². The summed E-state index contributed by atoms with van der Waals surface area (Å²) >= 11 is 0. The number of benzene rings is 1. The van der Waals surface area contributed by atoms with Crippen LogP contribution in [0.15, 0.2) is 24.3 Å². The van der Waals surface area contributed by atoms with Crippen molar-refractivity contribution < 1.29 is 0 Å². The Bertz CT molecular complexity index is 306. The number of unbranched alkanes of at least 4 members (excludes halogenated alkanes) is 1. The Kier molecular flexibility index (Phi) is 5.54. The summed E-state index contributed by atoms with van der Waals surface area (Å²) in [5.41, 5.74) is 2.80. The van der Waals surface area contributed by atoms with Gasteiger partial charge in [0.15, 0.2) is 0 Å². The minimum Gasteiger partial charge on any atom is -0.308 e. The zero-order valence-electron chi connectivity index (χ0n) is 11.1. The molecule has 0 radical (unpaired) electrons. The topological polar surface area (TPSA) is 12.0 Å². The molecule has 0 fully saturated rings. The third kappa shape index (κ3) is 3.97. The summed E-state index contributed by atoms with van der Waals surface area (Å²) in [7, 11) is 0. The second kappa shape index (κ2) is 6.70. The fourth-order valence-corrected chi connectivity index (χ4v) is 2.18. The number of nitrogens with one attached hydrogen (secondary N) is 1. The zero-order chi connectivity index (χ0) is 12.0. The lowest BCUT2D eigenvalue weighted by molar-refractivity contribution is 0.443. The van der Waals surface area contributed by atoms with E-state index in [4.69, 9.17) is 0 Å². The fourth-order valence-electron chi connectivity index (χ4n) is 2.18. The molecule has 0 aromatic heterocycles. The molecule has 0 aliphatic heterocycles. The van der Waals surface area contributed by atoms with Gasteiger partial charge in [-0.2, -0.15) is 0 Å². The molecule has 1 aromatic carbocycles. The van der Waals surface area contributed by atoms with E-state index in [1.807, 2.05) is 0 Å². The highest BCUT2D eigenvalue weighted by Gasteiger charge is 2.10. The molecule has 1 heteroatoms. The van der Waals surface area contributed by atoms with Gasteiger partial charge in [-0.15, -0.1) is 0 Å². The van der Waals surface area contributed by atoms with Gasteiger partial charge in [-0.1, -0.05) is 44.0 Å². The number of hydrogen-bond donors (Lipinski definition) is 1. The van der Waals surface area contributed by atoms with E-state index >= 15 is 0 Å². The molecular formula is C15H25N. The highest BCUT2D eigenvalue weighted by molar-refractivity contribution is 5.28. The quantitative estimate of drug-likeness (QED) is 0.755. The normalized spacial score (nSPS) is 14.8. The Morgan fingerprint density at radius 1 is 1.19 bits per heavy atom. The minimum atomic E-state index is 0.452. The summed E-state index contributed by atoms with van der Waals surface area (Å²) in [5.74, 6) is 0. The Balaban J connectivity index is 2.52. The molecule has 0 aliphatic rings. The van der Waals surface area contributed by atoms with Crippen LogP contribution in [-0.2, 0) is 0 Å². The van der Waals surface area contributed by atoms with Crippen LogP contribution in [0.2, 0.25) is 0 Å². The van der Waals surface area contributed by atoms with E-state index in [1.165, 1.54) is 30.4 Å². The van der Waals surface area contributed by atoms with Gasteiger partial charge in [0.25, 0.3) is 0 Å². The molecule has 16 heavy (non-hydrogen) atoms. The lowest BCUT2D eigenvalue weighted by atomic mass is 10.0. The van der Waals surface area contributed by atoms with Crippen molar-refractivity contribution in [1.29, 1.82) is 0 Å². The first-order chi connectivity index (χ1) is 7.65. The van der Waals surface area contributed by atoms with E-state index in [2.05, 4.69) is 57.3 Å². The highest BCUT2D eigenvalue weighted by Crippen LogP contribution is 2.17. The molecule has 0 bridgehead atoms. The maximum absolute atomic E-state index is 3.67. The molecule has 0 amide bonds. The average Bonchev–Trinajstić information content (AvgIpc) is 2.26. The molecule has 1 aromatic rings. The molecule has 1 N–H and O–H groups in total. The molecule has 1 nitrogen and oxygen atoms in total. The SMILES string of the molecule is CCCCC(C)NC(C)c1ccccc1C. The molecule has 1 rings (SSSR count). The summed E-state index contributed by atoms with van der Waals surface area (Å²) in [6, 6.07) is 9.69. The van der Waals surface area contributed by atoms with Crippen LogP contribution >= 0.6 is 0 Å². The van der Waals surface area contributed by atoms with Gasteiger partial charge in [0.2, 0.25) is 0 Å². The monoisotopic (exact) mass is 219 g/mol. The van der Waals surface area contributed by atoms with E-state index in [9.17, 15) is 0 Å².